The fraction of sp³-hybridized carbons (Fsp3) is 0.250. The van der Waals surface area contributed by atoms with Gasteiger partial charge in [0.2, 0.25) is 0 Å². The van der Waals surface area contributed by atoms with E-state index in [9.17, 15) is 9.59 Å². The van der Waals surface area contributed by atoms with Crippen molar-refractivity contribution in [1.82, 2.24) is 15.2 Å². The van der Waals surface area contributed by atoms with Crippen molar-refractivity contribution in [3.8, 4) is 0 Å². The molecule has 0 aromatic carbocycles. The van der Waals surface area contributed by atoms with Crippen LogP contribution < -0.4 is 10.9 Å². The summed E-state index contributed by atoms with van der Waals surface area (Å²) >= 11 is 0. The van der Waals surface area contributed by atoms with Crippen LogP contribution in [0.25, 0.3) is 0 Å². The van der Waals surface area contributed by atoms with E-state index in [0.717, 1.165) is 11.3 Å². The highest BCUT2D eigenvalue weighted by Gasteiger charge is 2.14. The zero-order valence-electron chi connectivity index (χ0n) is 10.4. The molecule has 2 aromatic rings. The topological polar surface area (TPSA) is 90.6 Å². The molecular weight excluding hydrogens is 232 g/mol. The highest BCUT2D eigenvalue weighted by atomic mass is 16.2. The highest BCUT2D eigenvalue weighted by Crippen LogP contribution is 2.14. The molecule has 0 fully saturated rings. The Bertz CT molecular complexity index is 654. The molecule has 0 saturated heterocycles. The lowest BCUT2D eigenvalue weighted by Crippen LogP contribution is -2.23. The number of amides is 1. The number of nitrogens with one attached hydrogen (secondary N) is 3. The fourth-order valence-electron chi connectivity index (χ4n) is 1.53. The summed E-state index contributed by atoms with van der Waals surface area (Å²) in [6.07, 6.45) is 0. The van der Waals surface area contributed by atoms with E-state index in [2.05, 4.69) is 20.5 Å². The van der Waals surface area contributed by atoms with Crippen LogP contribution in [0.4, 0.5) is 5.82 Å². The first-order valence-electron chi connectivity index (χ1n) is 5.52. The molecule has 0 bridgehead atoms. The van der Waals surface area contributed by atoms with Crippen molar-refractivity contribution in [2.45, 2.75) is 20.8 Å². The molecule has 1 amide bonds. The molecule has 2 rings (SSSR count). The second kappa shape index (κ2) is 4.48. The van der Waals surface area contributed by atoms with Crippen LogP contribution in [0.1, 0.15) is 27.3 Å². The van der Waals surface area contributed by atoms with Crippen LogP contribution in [-0.4, -0.2) is 21.1 Å². The molecule has 0 aliphatic carbocycles. The molecule has 0 aliphatic rings. The summed E-state index contributed by atoms with van der Waals surface area (Å²) in [6, 6.07) is 3.18. The van der Waals surface area contributed by atoms with Gasteiger partial charge in [-0.1, -0.05) is 0 Å². The molecule has 3 N–H and O–H groups in total. The normalized spacial score (nSPS) is 10.4. The Kier molecular flexibility index (Phi) is 3.01. The van der Waals surface area contributed by atoms with Crippen molar-refractivity contribution < 1.29 is 4.79 Å². The first-order valence-corrected chi connectivity index (χ1v) is 5.52. The molecule has 6 heteroatoms. The van der Waals surface area contributed by atoms with E-state index in [1.54, 1.807) is 13.0 Å². The lowest BCUT2D eigenvalue weighted by Gasteiger charge is -2.03. The fourth-order valence-corrected chi connectivity index (χ4v) is 1.53. The Morgan fingerprint density at radius 2 is 2.00 bits per heavy atom. The Labute approximate surface area is 103 Å². The van der Waals surface area contributed by atoms with E-state index in [-0.39, 0.29) is 5.56 Å². The summed E-state index contributed by atoms with van der Waals surface area (Å²) in [5.41, 5.74) is 2.11. The number of nitrogens with zero attached hydrogens (tertiary/aromatic N) is 1. The molecule has 18 heavy (non-hydrogen) atoms. The number of aromatic amines is 2. The Morgan fingerprint density at radius 3 is 2.56 bits per heavy atom. The van der Waals surface area contributed by atoms with Gasteiger partial charge in [-0.25, -0.2) is 0 Å². The van der Waals surface area contributed by atoms with Gasteiger partial charge in [0.25, 0.3) is 11.5 Å². The van der Waals surface area contributed by atoms with Gasteiger partial charge in [-0.15, -0.1) is 0 Å². The zero-order valence-corrected chi connectivity index (χ0v) is 10.4. The van der Waals surface area contributed by atoms with Crippen LogP contribution in [0, 0.1) is 20.8 Å². The van der Waals surface area contributed by atoms with Gasteiger partial charge >= 0.3 is 0 Å². The first kappa shape index (κ1) is 12.1. The molecule has 0 radical (unpaired) electrons. The van der Waals surface area contributed by atoms with Crippen LogP contribution in [0.5, 0.6) is 0 Å². The Morgan fingerprint density at radius 1 is 1.28 bits per heavy atom. The van der Waals surface area contributed by atoms with Crippen molar-refractivity contribution in [3.63, 3.8) is 0 Å². The number of hydrogen-bond acceptors (Lipinski definition) is 3. The number of aryl methyl sites for hydroxylation is 2. The Hall–Kier alpha value is -2.37. The molecule has 0 spiro atoms. The molecular formula is C12H14N4O2. The number of H-pyrrole nitrogens is 2. The van der Waals surface area contributed by atoms with Crippen LogP contribution >= 0.6 is 0 Å². The molecule has 0 atom stereocenters. The average molecular weight is 246 g/mol. The van der Waals surface area contributed by atoms with E-state index in [0.29, 0.717) is 11.5 Å². The third-order valence-corrected chi connectivity index (χ3v) is 2.78. The van der Waals surface area contributed by atoms with E-state index >= 15 is 0 Å². The summed E-state index contributed by atoms with van der Waals surface area (Å²) in [5, 5.41) is 9.33. The molecule has 94 valence electrons. The largest absolute Gasteiger partial charge is 0.326 e. The van der Waals surface area contributed by atoms with Gasteiger partial charge in [0.15, 0.2) is 5.82 Å². The van der Waals surface area contributed by atoms with Gasteiger partial charge in [0.1, 0.15) is 5.56 Å². The molecule has 2 heterocycles. The molecule has 0 aliphatic heterocycles. The van der Waals surface area contributed by atoms with Gasteiger partial charge in [0, 0.05) is 17.0 Å². The lowest BCUT2D eigenvalue weighted by molar-refractivity contribution is 0.102. The summed E-state index contributed by atoms with van der Waals surface area (Å²) in [5.74, 6) is -0.0247. The van der Waals surface area contributed by atoms with Gasteiger partial charge in [0.05, 0.1) is 0 Å². The number of carbonyl (C=O) groups is 1. The third-order valence-electron chi connectivity index (χ3n) is 2.78. The number of hydrogen-bond donors (Lipinski definition) is 3. The van der Waals surface area contributed by atoms with Crippen molar-refractivity contribution >= 4 is 11.7 Å². The summed E-state index contributed by atoms with van der Waals surface area (Å²) < 4.78 is 0. The smallest absolute Gasteiger partial charge is 0.262 e. The monoisotopic (exact) mass is 246 g/mol. The SMILES string of the molecule is Cc1ccc(C(=O)Nc2n[nH]c(C)c2C)c(=O)[nH]1. The predicted octanol–water partition coefficient (Wildman–Crippen LogP) is 1.28. The molecule has 0 unspecified atom stereocenters. The second-order valence-corrected chi connectivity index (χ2v) is 4.16. The molecule has 2 aromatic heterocycles. The van der Waals surface area contributed by atoms with Crippen molar-refractivity contribution in [2.24, 2.45) is 0 Å². The predicted molar refractivity (Wildman–Crippen MR) is 67.8 cm³/mol. The second-order valence-electron chi connectivity index (χ2n) is 4.16. The van der Waals surface area contributed by atoms with Crippen molar-refractivity contribution in [1.29, 1.82) is 0 Å². The Balaban J connectivity index is 2.28. The maximum atomic E-state index is 11.9. The van der Waals surface area contributed by atoms with Crippen LogP contribution in [0.3, 0.4) is 0 Å². The van der Waals surface area contributed by atoms with Crippen LogP contribution in [-0.2, 0) is 0 Å². The number of anilines is 1. The standard InChI is InChI=1S/C12H14N4O2/c1-6-4-5-9(11(17)13-6)12(18)14-10-7(2)8(3)15-16-10/h4-5H,1-3H3,(H,13,17)(H2,14,15,16,18). The average Bonchev–Trinajstić information content (AvgIpc) is 2.61. The lowest BCUT2D eigenvalue weighted by atomic mass is 10.2. The van der Waals surface area contributed by atoms with Crippen molar-refractivity contribution in [3.05, 3.63) is 45.0 Å². The van der Waals surface area contributed by atoms with Crippen molar-refractivity contribution in [2.75, 3.05) is 5.32 Å². The number of pyridine rings is 1. The minimum atomic E-state index is -0.467. The minimum absolute atomic E-state index is 0.0700. The number of rotatable bonds is 2. The molecule has 6 nitrogen and oxygen atoms in total. The third kappa shape index (κ3) is 2.17. The van der Waals surface area contributed by atoms with Gasteiger partial charge in [-0.05, 0) is 32.9 Å². The molecule has 0 saturated carbocycles. The summed E-state index contributed by atoms with van der Waals surface area (Å²) in [6.45, 7) is 5.45. The van der Waals surface area contributed by atoms with Gasteiger partial charge in [-0.2, -0.15) is 5.10 Å². The number of aromatic nitrogens is 3. The zero-order chi connectivity index (χ0) is 13.3. The minimum Gasteiger partial charge on any atom is -0.326 e. The van der Waals surface area contributed by atoms with E-state index in [1.165, 1.54) is 6.07 Å². The van der Waals surface area contributed by atoms with Crippen LogP contribution in [0.2, 0.25) is 0 Å². The number of carbonyl (C=O) groups excluding carboxylic acids is 1. The van der Waals surface area contributed by atoms with Gasteiger partial charge < -0.3 is 10.3 Å². The van der Waals surface area contributed by atoms with Gasteiger partial charge in [-0.3, -0.25) is 14.7 Å². The summed E-state index contributed by atoms with van der Waals surface area (Å²) in [7, 11) is 0. The maximum Gasteiger partial charge on any atom is 0.262 e. The van der Waals surface area contributed by atoms with E-state index < -0.39 is 11.5 Å². The van der Waals surface area contributed by atoms with E-state index in [1.807, 2.05) is 13.8 Å². The highest BCUT2D eigenvalue weighted by molar-refractivity contribution is 6.03. The maximum absolute atomic E-state index is 11.9. The van der Waals surface area contributed by atoms with Crippen LogP contribution in [0.15, 0.2) is 16.9 Å². The first-order chi connectivity index (χ1) is 8.49. The van der Waals surface area contributed by atoms with E-state index in [4.69, 9.17) is 0 Å². The summed E-state index contributed by atoms with van der Waals surface area (Å²) in [4.78, 5) is 26.1. The quantitative estimate of drug-likeness (QED) is 0.745.